The molecule has 2 amide bonds. The van der Waals surface area contributed by atoms with E-state index in [0.29, 0.717) is 11.6 Å². The number of thiophene rings is 1. The lowest BCUT2D eigenvalue weighted by Gasteiger charge is -2.33. The summed E-state index contributed by atoms with van der Waals surface area (Å²) in [5.41, 5.74) is -1.49. The molecule has 1 N–H and O–H groups in total. The fourth-order valence-electron chi connectivity index (χ4n) is 3.29. The first-order chi connectivity index (χ1) is 16.8. The van der Waals surface area contributed by atoms with E-state index in [2.05, 4.69) is 15.0 Å². The molecule has 0 aliphatic heterocycles. The molecule has 0 aliphatic carbocycles. The van der Waals surface area contributed by atoms with Crippen LogP contribution in [0, 0.1) is 0 Å². The van der Waals surface area contributed by atoms with Gasteiger partial charge in [0.15, 0.2) is 0 Å². The first-order valence-electron chi connectivity index (χ1n) is 10.5. The maximum atomic E-state index is 13.7. The van der Waals surface area contributed by atoms with E-state index < -0.39 is 41.9 Å². The standard InChI is InChI=1S/C24H22F5N3O3S/c1-23(2,3)31-20(33)19(15-10-11-36-13-15)32(16-5-7-17(8-6-16)35-22(25)26)21(34)14-4-9-18(30-12-14)24(27,28)29/h4-13,19,22H,1-3H3,(H,31,33). The normalized spacial score (nSPS) is 12.8. The number of anilines is 1. The number of pyridine rings is 1. The summed E-state index contributed by atoms with van der Waals surface area (Å²) in [7, 11) is 0. The van der Waals surface area contributed by atoms with E-state index in [1.165, 1.54) is 35.6 Å². The number of ether oxygens (including phenoxy) is 1. The van der Waals surface area contributed by atoms with Crippen LogP contribution in [0.5, 0.6) is 5.75 Å². The molecule has 1 atom stereocenters. The highest BCUT2D eigenvalue weighted by atomic mass is 32.1. The van der Waals surface area contributed by atoms with Crippen LogP contribution in [-0.4, -0.2) is 28.9 Å². The number of hydrogen-bond donors (Lipinski definition) is 1. The Balaban J connectivity index is 2.11. The lowest BCUT2D eigenvalue weighted by molar-refractivity contribution is -0.141. The molecule has 36 heavy (non-hydrogen) atoms. The van der Waals surface area contributed by atoms with Gasteiger partial charge in [0.25, 0.3) is 5.91 Å². The molecule has 0 radical (unpaired) electrons. The number of rotatable bonds is 7. The topological polar surface area (TPSA) is 71.5 Å². The summed E-state index contributed by atoms with van der Waals surface area (Å²) in [5, 5.41) is 6.18. The zero-order valence-corrected chi connectivity index (χ0v) is 20.2. The van der Waals surface area contributed by atoms with Gasteiger partial charge in [-0.2, -0.15) is 33.3 Å². The molecule has 0 saturated heterocycles. The van der Waals surface area contributed by atoms with Gasteiger partial charge in [-0.1, -0.05) is 0 Å². The first kappa shape index (κ1) is 27.1. The average Bonchev–Trinajstić information content (AvgIpc) is 3.30. The Labute approximate surface area is 207 Å². The molecule has 1 aromatic carbocycles. The number of benzene rings is 1. The van der Waals surface area contributed by atoms with E-state index in [-0.39, 0.29) is 17.0 Å². The monoisotopic (exact) mass is 527 g/mol. The quantitative estimate of drug-likeness (QED) is 0.379. The number of nitrogens with one attached hydrogen (secondary N) is 1. The number of carbonyl (C=O) groups is 2. The van der Waals surface area contributed by atoms with Crippen LogP contribution in [0.4, 0.5) is 27.6 Å². The number of nitrogens with zero attached hydrogens (tertiary/aromatic N) is 2. The summed E-state index contributed by atoms with van der Waals surface area (Å²) < 4.78 is 68.5. The summed E-state index contributed by atoms with van der Waals surface area (Å²) >= 11 is 1.28. The molecule has 1 unspecified atom stereocenters. The molecule has 192 valence electrons. The van der Waals surface area contributed by atoms with E-state index in [1.807, 2.05) is 0 Å². The number of aromatic nitrogens is 1. The molecule has 12 heteroatoms. The van der Waals surface area contributed by atoms with Crippen molar-refractivity contribution in [3.63, 3.8) is 0 Å². The minimum atomic E-state index is -4.70. The molecular weight excluding hydrogens is 505 g/mol. The molecule has 0 saturated carbocycles. The van der Waals surface area contributed by atoms with Gasteiger partial charge in [0, 0.05) is 17.4 Å². The van der Waals surface area contributed by atoms with Crippen molar-refractivity contribution in [1.29, 1.82) is 0 Å². The number of alkyl halides is 5. The zero-order chi connectivity index (χ0) is 26.7. The molecule has 2 heterocycles. The fraction of sp³-hybridized carbons (Fsp3) is 0.292. The van der Waals surface area contributed by atoms with Crippen molar-refractivity contribution in [3.05, 3.63) is 76.2 Å². The summed E-state index contributed by atoms with van der Waals surface area (Å²) in [5.74, 6) is -1.55. The minimum absolute atomic E-state index is 0.127. The van der Waals surface area contributed by atoms with Gasteiger partial charge in [-0.05, 0) is 79.6 Å². The lowest BCUT2D eigenvalue weighted by Crippen LogP contribution is -2.49. The maximum absolute atomic E-state index is 13.7. The third-order valence-corrected chi connectivity index (χ3v) is 5.42. The third kappa shape index (κ3) is 6.78. The van der Waals surface area contributed by atoms with Crippen molar-refractivity contribution in [2.75, 3.05) is 4.90 Å². The van der Waals surface area contributed by atoms with Gasteiger partial charge in [0.2, 0.25) is 5.91 Å². The molecule has 3 aromatic rings. The minimum Gasteiger partial charge on any atom is -0.435 e. The van der Waals surface area contributed by atoms with Gasteiger partial charge >= 0.3 is 12.8 Å². The van der Waals surface area contributed by atoms with Gasteiger partial charge in [0.1, 0.15) is 17.5 Å². The Morgan fingerprint density at radius 2 is 1.69 bits per heavy atom. The second-order valence-corrected chi connectivity index (χ2v) is 9.46. The Bertz CT molecular complexity index is 1180. The van der Waals surface area contributed by atoms with Crippen molar-refractivity contribution in [3.8, 4) is 5.75 Å². The van der Waals surface area contributed by atoms with Gasteiger partial charge in [0.05, 0.1) is 5.56 Å². The summed E-state index contributed by atoms with van der Waals surface area (Å²) in [6, 6.07) is 7.03. The molecule has 0 bridgehead atoms. The van der Waals surface area contributed by atoms with Crippen LogP contribution in [0.2, 0.25) is 0 Å². The van der Waals surface area contributed by atoms with Gasteiger partial charge in [-0.25, -0.2) is 0 Å². The average molecular weight is 528 g/mol. The highest BCUT2D eigenvalue weighted by Gasteiger charge is 2.36. The first-order valence-corrected chi connectivity index (χ1v) is 11.5. The maximum Gasteiger partial charge on any atom is 0.433 e. The Hall–Kier alpha value is -3.54. The van der Waals surface area contributed by atoms with Crippen LogP contribution >= 0.6 is 11.3 Å². The van der Waals surface area contributed by atoms with Crippen LogP contribution < -0.4 is 15.0 Å². The number of halogens is 5. The van der Waals surface area contributed by atoms with Crippen LogP contribution in [0.3, 0.4) is 0 Å². The van der Waals surface area contributed by atoms with E-state index in [9.17, 15) is 31.5 Å². The van der Waals surface area contributed by atoms with Gasteiger partial charge in [-0.3, -0.25) is 19.5 Å². The molecular formula is C24H22F5N3O3S. The predicted octanol–water partition coefficient (Wildman–Crippen LogP) is 6.07. The number of carbonyl (C=O) groups excluding carboxylic acids is 2. The Kier molecular flexibility index (Phi) is 7.97. The lowest BCUT2D eigenvalue weighted by atomic mass is 10.0. The Morgan fingerprint density at radius 1 is 1.03 bits per heavy atom. The smallest absolute Gasteiger partial charge is 0.433 e. The molecule has 6 nitrogen and oxygen atoms in total. The van der Waals surface area contributed by atoms with E-state index in [0.717, 1.165) is 17.2 Å². The van der Waals surface area contributed by atoms with Crippen LogP contribution in [-0.2, 0) is 11.0 Å². The summed E-state index contributed by atoms with van der Waals surface area (Å²) in [6.45, 7) is 2.18. The van der Waals surface area contributed by atoms with Crippen molar-refractivity contribution in [2.24, 2.45) is 0 Å². The van der Waals surface area contributed by atoms with Crippen molar-refractivity contribution in [1.82, 2.24) is 10.3 Å². The van der Waals surface area contributed by atoms with E-state index in [1.54, 1.807) is 37.6 Å². The van der Waals surface area contributed by atoms with Crippen LogP contribution in [0.1, 0.15) is 48.4 Å². The summed E-state index contributed by atoms with van der Waals surface area (Å²) in [6.07, 6.45) is -3.92. The van der Waals surface area contributed by atoms with Crippen molar-refractivity contribution < 1.29 is 36.3 Å². The van der Waals surface area contributed by atoms with E-state index >= 15 is 0 Å². The highest BCUT2D eigenvalue weighted by molar-refractivity contribution is 7.08. The third-order valence-electron chi connectivity index (χ3n) is 4.72. The molecule has 0 spiro atoms. The number of amides is 2. The molecule has 0 aliphatic rings. The molecule has 0 fully saturated rings. The zero-order valence-electron chi connectivity index (χ0n) is 19.3. The Morgan fingerprint density at radius 3 is 2.17 bits per heavy atom. The van der Waals surface area contributed by atoms with Crippen molar-refractivity contribution >= 4 is 28.8 Å². The van der Waals surface area contributed by atoms with E-state index in [4.69, 9.17) is 0 Å². The second-order valence-electron chi connectivity index (χ2n) is 8.68. The number of hydrogen-bond acceptors (Lipinski definition) is 5. The second kappa shape index (κ2) is 10.6. The van der Waals surface area contributed by atoms with Crippen molar-refractivity contribution in [2.45, 2.75) is 45.1 Å². The highest BCUT2D eigenvalue weighted by Crippen LogP contribution is 2.33. The SMILES string of the molecule is CC(C)(C)NC(=O)C(c1ccsc1)N(C(=O)c1ccc(C(F)(F)F)nc1)c1ccc(OC(F)F)cc1. The van der Waals surface area contributed by atoms with Crippen LogP contribution in [0.25, 0.3) is 0 Å². The van der Waals surface area contributed by atoms with Gasteiger partial charge in [-0.15, -0.1) is 0 Å². The predicted molar refractivity (Wildman–Crippen MR) is 124 cm³/mol. The molecule has 2 aromatic heterocycles. The molecule has 3 rings (SSSR count). The van der Waals surface area contributed by atoms with Gasteiger partial charge < -0.3 is 10.1 Å². The van der Waals surface area contributed by atoms with Crippen LogP contribution in [0.15, 0.2) is 59.4 Å². The fourth-order valence-corrected chi connectivity index (χ4v) is 3.96. The largest absolute Gasteiger partial charge is 0.435 e. The summed E-state index contributed by atoms with van der Waals surface area (Å²) in [4.78, 5) is 31.5.